The van der Waals surface area contributed by atoms with Crippen LogP contribution in [-0.2, 0) is 49.4 Å². The van der Waals surface area contributed by atoms with Gasteiger partial charge in [-0.15, -0.1) is 0 Å². The molecule has 0 bridgehead atoms. The van der Waals surface area contributed by atoms with Crippen LogP contribution in [0.3, 0.4) is 0 Å². The van der Waals surface area contributed by atoms with Gasteiger partial charge in [0.1, 0.15) is 0 Å². The lowest BCUT2D eigenvalue weighted by Gasteiger charge is -2.35. The summed E-state index contributed by atoms with van der Waals surface area (Å²) in [5.41, 5.74) is 42.6. The topological polar surface area (TPSA) is 9.72 Å². The molecule has 0 amide bonds. The van der Waals surface area contributed by atoms with E-state index in [1.165, 1.54) is 300 Å². The van der Waals surface area contributed by atoms with E-state index in [-0.39, 0.29) is 5.41 Å². The number of aryl methyl sites for hydroxylation is 8. The second-order valence-electron chi connectivity index (χ2n) is 38.2. The summed E-state index contributed by atoms with van der Waals surface area (Å²) in [5, 5.41) is 0. The van der Waals surface area contributed by atoms with Crippen LogP contribution < -0.4 is 14.7 Å². The molecule has 0 radical (unpaired) electrons. The zero-order valence-electron chi connectivity index (χ0n) is 78.9. The van der Waals surface area contributed by atoms with Crippen molar-refractivity contribution in [3.8, 4) is 55.6 Å². The summed E-state index contributed by atoms with van der Waals surface area (Å²) in [6, 6.07) is 122. The molecule has 0 aliphatic heterocycles. The molecule has 0 unspecified atom stereocenters. The van der Waals surface area contributed by atoms with Gasteiger partial charge in [0.15, 0.2) is 0 Å². The highest BCUT2D eigenvalue weighted by atomic mass is 15.2. The minimum Gasteiger partial charge on any atom is -0.311 e. The van der Waals surface area contributed by atoms with Gasteiger partial charge in [0.2, 0.25) is 0 Å². The Hall–Kier alpha value is -11.5. The van der Waals surface area contributed by atoms with Crippen molar-refractivity contribution in [1.29, 1.82) is 0 Å². The molecule has 129 heavy (non-hydrogen) atoms. The third kappa shape index (κ3) is 19.7. The van der Waals surface area contributed by atoms with Crippen molar-refractivity contribution in [3.63, 3.8) is 0 Å². The molecule has 3 aliphatic rings. The molecule has 17 rings (SSSR count). The van der Waals surface area contributed by atoms with E-state index in [4.69, 9.17) is 0 Å². The summed E-state index contributed by atoms with van der Waals surface area (Å²) in [6.07, 6.45) is 39.0. The third-order valence-corrected chi connectivity index (χ3v) is 29.1. The maximum Gasteiger partial charge on any atom is 0.0714 e. The van der Waals surface area contributed by atoms with Crippen LogP contribution in [0, 0.1) is 13.8 Å². The number of unbranched alkanes of at least 4 members (excludes halogenated alkanes) is 18. The largest absolute Gasteiger partial charge is 0.311 e. The fraction of sp³-hybridized carbons (Fsp3) is 0.333. The Kier molecular flexibility index (Phi) is 29.4. The number of hydrogen-bond donors (Lipinski definition) is 0. The smallest absolute Gasteiger partial charge is 0.0714 e. The molecule has 3 nitrogen and oxygen atoms in total. The Balaban J connectivity index is 0.719. The van der Waals surface area contributed by atoms with Crippen molar-refractivity contribution in [2.45, 2.75) is 272 Å². The van der Waals surface area contributed by atoms with E-state index in [0.717, 1.165) is 84.8 Å². The van der Waals surface area contributed by atoms with Gasteiger partial charge in [-0.2, -0.15) is 0 Å². The molecule has 14 aromatic carbocycles. The molecule has 658 valence electrons. The summed E-state index contributed by atoms with van der Waals surface area (Å²) < 4.78 is 0. The monoisotopic (exact) mass is 1690 g/mol. The normalized spacial score (nSPS) is 13.0. The highest BCUT2D eigenvalue weighted by molar-refractivity contribution is 5.92. The number of nitrogens with zero attached hydrogens (tertiary/aromatic N) is 3. The molecule has 0 saturated carbocycles. The number of benzene rings is 14. The van der Waals surface area contributed by atoms with Crippen molar-refractivity contribution in [1.82, 2.24) is 0 Å². The van der Waals surface area contributed by atoms with E-state index in [9.17, 15) is 0 Å². The molecule has 0 aromatic heterocycles. The quantitative estimate of drug-likeness (QED) is 0.0353. The van der Waals surface area contributed by atoms with E-state index in [2.05, 4.69) is 379 Å². The van der Waals surface area contributed by atoms with Crippen molar-refractivity contribution in [2.24, 2.45) is 0 Å². The minimum absolute atomic E-state index is 0.152. The van der Waals surface area contributed by atoms with Gasteiger partial charge in [-0.1, -0.05) is 363 Å². The van der Waals surface area contributed by atoms with Crippen molar-refractivity contribution in [3.05, 3.63) is 387 Å². The maximum absolute atomic E-state index is 2.72. The highest BCUT2D eigenvalue weighted by Gasteiger charge is 2.48. The molecular weight excluding hydrogens is 1560 g/mol. The van der Waals surface area contributed by atoms with Gasteiger partial charge >= 0.3 is 0 Å². The average molecular weight is 1700 g/mol. The van der Waals surface area contributed by atoms with E-state index in [0.29, 0.717) is 0 Å². The SMILES string of the molecule is CCCCCCCCC1(CCCCCCCC)c2cc(-c3ccc(N(c4ccc(CCCC)cc4)c4ccc(N(c5ccc(CCCC)cc5)c5ccc(-c6ccc(N(c7ccc(C)cc7)c7ccc8c(c7)CC8)cc6)cc5)cc4)cc3)ccc2-c2ccc(-c3ccc4c(c3)C(c3cccc(CCCCCC)c3)(c3cccc(CCCCCC)c3)c3cc(C)ccc3-4)cc21. The van der Waals surface area contributed by atoms with Crippen LogP contribution in [0.25, 0.3) is 55.6 Å². The fourth-order valence-corrected chi connectivity index (χ4v) is 21.7. The van der Waals surface area contributed by atoms with Gasteiger partial charge in [0, 0.05) is 56.6 Å². The Morgan fingerprint density at radius 3 is 0.930 bits per heavy atom. The lowest BCUT2D eigenvalue weighted by molar-refractivity contribution is 0.398. The molecule has 3 heteroatoms. The first kappa shape index (κ1) is 89.5. The highest BCUT2D eigenvalue weighted by Crippen LogP contribution is 2.60. The van der Waals surface area contributed by atoms with Crippen LogP contribution in [0.2, 0.25) is 0 Å². The third-order valence-electron chi connectivity index (χ3n) is 29.1. The number of fused-ring (bicyclic) bond motifs is 7. The lowest BCUT2D eigenvalue weighted by Crippen LogP contribution is -2.29. The predicted octanol–water partition coefficient (Wildman–Crippen LogP) is 36.9. The lowest BCUT2D eigenvalue weighted by atomic mass is 9.66. The van der Waals surface area contributed by atoms with E-state index in [1.807, 2.05) is 0 Å². The van der Waals surface area contributed by atoms with Crippen molar-refractivity contribution >= 4 is 51.2 Å². The summed E-state index contributed by atoms with van der Waals surface area (Å²) in [7, 11) is 0. The maximum atomic E-state index is 2.72. The second kappa shape index (κ2) is 42.4. The van der Waals surface area contributed by atoms with Crippen LogP contribution in [0.5, 0.6) is 0 Å². The number of hydrogen-bond acceptors (Lipinski definition) is 3. The first-order chi connectivity index (χ1) is 63.5. The zero-order valence-corrected chi connectivity index (χ0v) is 78.9. The molecule has 0 N–H and O–H groups in total. The Labute approximate surface area is 775 Å². The minimum atomic E-state index is -0.511. The molecule has 0 spiro atoms. The van der Waals surface area contributed by atoms with Gasteiger partial charge in [-0.05, 0) is 341 Å². The van der Waals surface area contributed by atoms with Crippen LogP contribution in [0.4, 0.5) is 51.2 Å². The van der Waals surface area contributed by atoms with Crippen LogP contribution in [-0.4, -0.2) is 0 Å². The first-order valence-electron chi connectivity index (χ1n) is 50.4. The first-order valence-corrected chi connectivity index (χ1v) is 50.4. The van der Waals surface area contributed by atoms with Crippen LogP contribution in [0.15, 0.2) is 309 Å². The summed E-state index contributed by atoms with van der Waals surface area (Å²) >= 11 is 0. The van der Waals surface area contributed by atoms with E-state index in [1.54, 1.807) is 5.56 Å². The Morgan fingerprint density at radius 2 is 0.519 bits per heavy atom. The van der Waals surface area contributed by atoms with Crippen LogP contribution >= 0.6 is 0 Å². The standard InChI is InChI=1S/C126H139N3/c1-9-15-21-25-27-31-83-125(84-32-28-26-22-16-10-2)121-89-103(59-80-117(121)118-81-60-104(90-122(118)125)105-61-82-120-119-79-45-93(8)85-123(119)126(124(120)91-105,106-41-33-39-96(86-106)37-29-23-17-11-3)107-42-34-40-97(87-107)38-30-24-18-12-4)101-56-72-112(73-57-101)128(110-66-48-95(49-67-110)36-20-14-6)115-77-75-114(76-78-115)127(109-64-46-94(47-65-109)35-19-13-5)111-68-52-98(53-69-111)99-54-70-113(71-55-99)129(108-62-43-92(7)44-63-108)116-74-58-100-50-51-102(100)88-116/h33-34,39-49,52-82,85-91H,9-32,35-38,50-51,83-84H2,1-8H3. The molecule has 0 saturated heterocycles. The van der Waals surface area contributed by atoms with Crippen LogP contribution in [0.1, 0.15) is 286 Å². The molecule has 14 aromatic rings. The summed E-state index contributed by atoms with van der Waals surface area (Å²) in [6.45, 7) is 18.4. The van der Waals surface area contributed by atoms with Gasteiger partial charge in [0.25, 0.3) is 0 Å². The summed E-state index contributed by atoms with van der Waals surface area (Å²) in [5.74, 6) is 0. The van der Waals surface area contributed by atoms with Gasteiger partial charge < -0.3 is 14.7 Å². The van der Waals surface area contributed by atoms with Gasteiger partial charge in [-0.25, -0.2) is 0 Å². The van der Waals surface area contributed by atoms with Crippen molar-refractivity contribution < 1.29 is 0 Å². The molecule has 0 atom stereocenters. The predicted molar refractivity (Wildman–Crippen MR) is 556 cm³/mol. The zero-order chi connectivity index (χ0) is 88.5. The Bertz CT molecular complexity index is 5950. The Morgan fingerprint density at radius 1 is 0.217 bits per heavy atom. The molecule has 0 fully saturated rings. The average Bonchev–Trinajstić information content (AvgIpc) is 1.53. The fourth-order valence-electron chi connectivity index (χ4n) is 21.7. The van der Waals surface area contributed by atoms with Gasteiger partial charge in [0.05, 0.1) is 5.41 Å². The van der Waals surface area contributed by atoms with E-state index >= 15 is 0 Å². The molecule has 0 heterocycles. The number of rotatable bonds is 44. The molecule has 3 aliphatic carbocycles. The van der Waals surface area contributed by atoms with E-state index < -0.39 is 5.41 Å². The summed E-state index contributed by atoms with van der Waals surface area (Å²) in [4.78, 5) is 7.31. The second-order valence-corrected chi connectivity index (χ2v) is 38.2. The number of anilines is 9. The molecular formula is C126H139N3. The van der Waals surface area contributed by atoms with Crippen molar-refractivity contribution in [2.75, 3.05) is 14.7 Å². The van der Waals surface area contributed by atoms with Gasteiger partial charge in [-0.3, -0.25) is 0 Å².